The first-order valence-electron chi connectivity index (χ1n) is 9.88. The van der Waals surface area contributed by atoms with Gasteiger partial charge in [-0.15, -0.1) is 10.2 Å². The zero-order valence-electron chi connectivity index (χ0n) is 17.6. The largest absolute Gasteiger partial charge is 0.331 e. The Morgan fingerprint density at radius 2 is 2.10 bits per heavy atom. The van der Waals surface area contributed by atoms with Crippen LogP contribution in [0.15, 0.2) is 23.4 Å². The van der Waals surface area contributed by atoms with Crippen LogP contribution >= 0.6 is 11.8 Å². The minimum absolute atomic E-state index is 0.0159. The summed E-state index contributed by atoms with van der Waals surface area (Å²) in [4.78, 5) is 23.8. The van der Waals surface area contributed by atoms with Gasteiger partial charge < -0.3 is 14.8 Å². The lowest BCUT2D eigenvalue weighted by Crippen LogP contribution is -3.06. The molecule has 2 aromatic rings. The molecule has 164 valence electrons. The second-order valence-corrected chi connectivity index (χ2v) is 8.08. The summed E-state index contributed by atoms with van der Waals surface area (Å²) >= 11 is 1.21. The van der Waals surface area contributed by atoms with Gasteiger partial charge in [-0.2, -0.15) is 0 Å². The van der Waals surface area contributed by atoms with E-state index in [1.54, 1.807) is 0 Å². The van der Waals surface area contributed by atoms with E-state index in [1.807, 2.05) is 0 Å². The van der Waals surface area contributed by atoms with Crippen molar-refractivity contribution in [3.05, 3.63) is 40.0 Å². The number of unbranched alkanes of at least 4 members (excludes halogenated alkanes) is 1. The molecule has 0 spiro atoms. The Morgan fingerprint density at radius 1 is 1.37 bits per heavy atom. The van der Waals surface area contributed by atoms with Crippen LogP contribution in [-0.2, 0) is 11.3 Å². The Balaban J connectivity index is 2.13. The molecular formula is C19H28FN6O3S+. The SMILES string of the molecule is CCCCn1c(SCC(=O)Nc2cc([N+](=O)[O-])ccc2F)nnc1[C@H](CC)[NH+](C)C. The van der Waals surface area contributed by atoms with Crippen molar-refractivity contribution in [2.75, 3.05) is 25.2 Å². The summed E-state index contributed by atoms with van der Waals surface area (Å²) in [6.45, 7) is 4.96. The van der Waals surface area contributed by atoms with Crippen molar-refractivity contribution >= 4 is 29.0 Å². The van der Waals surface area contributed by atoms with Crippen LogP contribution in [0, 0.1) is 15.9 Å². The monoisotopic (exact) mass is 439 g/mol. The highest BCUT2D eigenvalue weighted by atomic mass is 32.2. The first-order valence-corrected chi connectivity index (χ1v) is 10.9. The standard InChI is InChI=1S/C19H27FN6O3S/c1-5-7-10-25-18(16(6-2)24(3)4)22-23-19(25)30-12-17(27)21-15-11-13(26(28)29)8-9-14(15)20/h8-9,11,16H,5-7,10,12H2,1-4H3,(H,21,27)/p+1/t16-/m0/s1. The number of non-ortho nitro benzene ring substituents is 1. The first-order chi connectivity index (χ1) is 14.3. The Hall–Kier alpha value is -2.53. The number of hydrogen-bond acceptors (Lipinski definition) is 6. The lowest BCUT2D eigenvalue weighted by Gasteiger charge is -2.20. The van der Waals surface area contributed by atoms with Crippen molar-refractivity contribution in [3.63, 3.8) is 0 Å². The molecule has 0 saturated carbocycles. The van der Waals surface area contributed by atoms with E-state index in [0.717, 1.165) is 49.8 Å². The van der Waals surface area contributed by atoms with Crippen LogP contribution in [0.2, 0.25) is 0 Å². The third kappa shape index (κ3) is 5.99. The van der Waals surface area contributed by atoms with E-state index in [2.05, 4.69) is 48.0 Å². The lowest BCUT2D eigenvalue weighted by molar-refractivity contribution is -0.893. The van der Waals surface area contributed by atoms with Crippen molar-refractivity contribution in [2.45, 2.75) is 50.9 Å². The van der Waals surface area contributed by atoms with Crippen molar-refractivity contribution in [3.8, 4) is 0 Å². The van der Waals surface area contributed by atoms with Gasteiger partial charge in [0.2, 0.25) is 5.91 Å². The highest BCUT2D eigenvalue weighted by molar-refractivity contribution is 7.99. The van der Waals surface area contributed by atoms with Crippen molar-refractivity contribution in [1.29, 1.82) is 0 Å². The number of hydrogen-bond donors (Lipinski definition) is 2. The highest BCUT2D eigenvalue weighted by Crippen LogP contribution is 2.24. The number of carbonyl (C=O) groups is 1. The summed E-state index contributed by atoms with van der Waals surface area (Å²) in [6.07, 6.45) is 2.88. The number of amides is 1. The second-order valence-electron chi connectivity index (χ2n) is 7.14. The van der Waals surface area contributed by atoms with E-state index in [-0.39, 0.29) is 23.2 Å². The maximum absolute atomic E-state index is 13.9. The van der Waals surface area contributed by atoms with Crippen LogP contribution in [0.1, 0.15) is 45.0 Å². The van der Waals surface area contributed by atoms with E-state index in [1.165, 1.54) is 16.7 Å². The highest BCUT2D eigenvalue weighted by Gasteiger charge is 2.25. The molecule has 0 aliphatic heterocycles. The summed E-state index contributed by atoms with van der Waals surface area (Å²) in [5, 5.41) is 22.5. The van der Waals surface area contributed by atoms with Gasteiger partial charge in [-0.3, -0.25) is 14.9 Å². The first kappa shape index (κ1) is 23.7. The van der Waals surface area contributed by atoms with Gasteiger partial charge in [0.1, 0.15) is 11.9 Å². The zero-order chi connectivity index (χ0) is 22.3. The number of carbonyl (C=O) groups excluding carboxylic acids is 1. The fraction of sp³-hybridized carbons (Fsp3) is 0.526. The van der Waals surface area contributed by atoms with E-state index >= 15 is 0 Å². The quantitative estimate of drug-likeness (QED) is 0.316. The molecule has 30 heavy (non-hydrogen) atoms. The molecule has 0 aliphatic rings. The Kier molecular flexibility index (Phi) is 8.72. The van der Waals surface area contributed by atoms with Gasteiger partial charge in [-0.1, -0.05) is 32.0 Å². The van der Waals surface area contributed by atoms with Crippen molar-refractivity contribution < 1.29 is 19.0 Å². The summed E-state index contributed by atoms with van der Waals surface area (Å²) in [5.74, 6) is -0.334. The molecule has 1 atom stereocenters. The molecule has 0 bridgehead atoms. The number of anilines is 1. The number of rotatable bonds is 11. The van der Waals surface area contributed by atoms with Gasteiger partial charge in [0.25, 0.3) is 5.69 Å². The van der Waals surface area contributed by atoms with Crippen LogP contribution in [0.5, 0.6) is 0 Å². The van der Waals surface area contributed by atoms with Crippen LogP contribution in [-0.4, -0.2) is 45.4 Å². The maximum atomic E-state index is 13.9. The molecule has 2 rings (SSSR count). The molecule has 1 heterocycles. The summed E-state index contributed by atoms with van der Waals surface area (Å²) in [6, 6.07) is 3.21. The Labute approximate surface area is 179 Å². The van der Waals surface area contributed by atoms with Crippen LogP contribution < -0.4 is 10.2 Å². The molecule has 9 nitrogen and oxygen atoms in total. The average Bonchev–Trinajstić information content (AvgIpc) is 3.09. The van der Waals surface area contributed by atoms with Gasteiger partial charge in [-0.05, 0) is 12.5 Å². The lowest BCUT2D eigenvalue weighted by atomic mass is 10.2. The molecule has 1 aromatic heterocycles. The summed E-state index contributed by atoms with van der Waals surface area (Å²) in [5.41, 5.74) is -0.509. The predicted molar refractivity (Wildman–Crippen MR) is 113 cm³/mol. The number of quaternary nitrogens is 1. The fourth-order valence-electron chi connectivity index (χ4n) is 3.08. The smallest absolute Gasteiger partial charge is 0.271 e. The number of nitro groups is 1. The van der Waals surface area contributed by atoms with Crippen LogP contribution in [0.4, 0.5) is 15.8 Å². The van der Waals surface area contributed by atoms with Crippen LogP contribution in [0.25, 0.3) is 0 Å². The van der Waals surface area contributed by atoms with E-state index in [0.29, 0.717) is 5.16 Å². The number of aromatic nitrogens is 3. The van der Waals surface area contributed by atoms with E-state index in [4.69, 9.17) is 0 Å². The van der Waals surface area contributed by atoms with Crippen molar-refractivity contribution in [1.82, 2.24) is 14.8 Å². The van der Waals surface area contributed by atoms with Gasteiger partial charge >= 0.3 is 0 Å². The number of thioether (sulfide) groups is 1. The third-order valence-electron chi connectivity index (χ3n) is 4.66. The van der Waals surface area contributed by atoms with E-state index < -0.39 is 16.6 Å². The van der Waals surface area contributed by atoms with Crippen molar-refractivity contribution in [2.24, 2.45) is 0 Å². The predicted octanol–water partition coefficient (Wildman–Crippen LogP) is 2.45. The molecule has 1 amide bonds. The minimum Gasteiger partial charge on any atom is -0.331 e. The zero-order valence-corrected chi connectivity index (χ0v) is 18.5. The van der Waals surface area contributed by atoms with Gasteiger partial charge in [0, 0.05) is 25.1 Å². The van der Waals surface area contributed by atoms with Gasteiger partial charge in [0.15, 0.2) is 11.0 Å². The third-order valence-corrected chi connectivity index (χ3v) is 5.63. The Bertz CT molecular complexity index is 889. The molecule has 0 fully saturated rings. The molecule has 11 heteroatoms. The average molecular weight is 440 g/mol. The maximum Gasteiger partial charge on any atom is 0.271 e. The molecular weight excluding hydrogens is 411 g/mol. The molecule has 1 aromatic carbocycles. The van der Waals surface area contributed by atoms with Gasteiger partial charge in [-0.25, -0.2) is 4.39 Å². The number of nitrogens with one attached hydrogen (secondary N) is 2. The fourth-order valence-corrected chi connectivity index (χ4v) is 3.85. The summed E-state index contributed by atoms with van der Waals surface area (Å²) < 4.78 is 15.9. The number of nitrogens with zero attached hydrogens (tertiary/aromatic N) is 4. The topological polar surface area (TPSA) is 107 Å². The number of benzene rings is 1. The molecule has 0 saturated heterocycles. The van der Waals surface area contributed by atoms with Gasteiger partial charge in [0.05, 0.1) is 30.5 Å². The molecule has 0 aliphatic carbocycles. The molecule has 2 N–H and O–H groups in total. The van der Waals surface area contributed by atoms with Crippen LogP contribution in [0.3, 0.4) is 0 Å². The Morgan fingerprint density at radius 3 is 2.70 bits per heavy atom. The number of nitro benzene ring substituents is 1. The van der Waals surface area contributed by atoms with E-state index in [9.17, 15) is 19.3 Å². The minimum atomic E-state index is -0.730. The normalized spacial score (nSPS) is 12.2. The molecule has 0 unspecified atom stereocenters. The molecule has 0 radical (unpaired) electrons. The summed E-state index contributed by atoms with van der Waals surface area (Å²) in [7, 11) is 4.14. The second kappa shape index (κ2) is 11.0. The number of halogens is 1.